The molecule has 0 radical (unpaired) electrons. The lowest BCUT2D eigenvalue weighted by molar-refractivity contribution is 0.111. The zero-order valence-electron chi connectivity index (χ0n) is 13.1. The molecule has 2 aromatic heterocycles. The van der Waals surface area contributed by atoms with Crippen molar-refractivity contribution in [1.82, 2.24) is 9.97 Å². The monoisotopic (exact) mass is 320 g/mol. The molecule has 0 aromatic carbocycles. The lowest BCUT2D eigenvalue weighted by Gasteiger charge is -2.10. The van der Waals surface area contributed by atoms with E-state index < -0.39 is 0 Å². The van der Waals surface area contributed by atoms with E-state index in [2.05, 4.69) is 16.9 Å². The normalized spacial score (nSPS) is 10.7. The number of aryl methyl sites for hydroxylation is 1. The number of carbonyl (C=O) groups is 1. The van der Waals surface area contributed by atoms with Crippen LogP contribution >= 0.6 is 11.8 Å². The lowest BCUT2D eigenvalue weighted by atomic mass is 10.2. The average molecular weight is 320 g/mol. The first kappa shape index (κ1) is 16.5. The number of aromatic nitrogens is 2. The van der Waals surface area contributed by atoms with Gasteiger partial charge in [-0.3, -0.25) is 4.79 Å². The number of methoxy groups -OCH3 is 1. The first-order valence-corrected chi connectivity index (χ1v) is 8.48. The molecule has 5 nitrogen and oxygen atoms in total. The van der Waals surface area contributed by atoms with E-state index >= 15 is 0 Å². The van der Waals surface area contributed by atoms with E-state index in [0.717, 1.165) is 30.6 Å². The van der Waals surface area contributed by atoms with Crippen LogP contribution in [0.1, 0.15) is 42.6 Å². The van der Waals surface area contributed by atoms with Crippen LogP contribution in [0.4, 0.5) is 0 Å². The fraction of sp³-hybridized carbons (Fsp3) is 0.438. The van der Waals surface area contributed by atoms with Gasteiger partial charge < -0.3 is 9.15 Å². The number of hydrogen-bond donors (Lipinski definition) is 0. The van der Waals surface area contributed by atoms with Gasteiger partial charge in [0.2, 0.25) is 0 Å². The van der Waals surface area contributed by atoms with Crippen molar-refractivity contribution >= 4 is 18.0 Å². The fourth-order valence-corrected chi connectivity index (χ4v) is 2.86. The average Bonchev–Trinajstić information content (AvgIpc) is 3.02. The molecule has 0 saturated heterocycles. The molecule has 22 heavy (non-hydrogen) atoms. The first-order valence-electron chi connectivity index (χ1n) is 7.26. The zero-order valence-corrected chi connectivity index (χ0v) is 13.9. The van der Waals surface area contributed by atoms with E-state index in [1.54, 1.807) is 19.4 Å². The van der Waals surface area contributed by atoms with Crippen LogP contribution in [-0.4, -0.2) is 29.6 Å². The summed E-state index contributed by atoms with van der Waals surface area (Å²) in [5.74, 6) is 1.32. The summed E-state index contributed by atoms with van der Waals surface area (Å²) in [5, 5.41) is 0. The highest BCUT2D eigenvalue weighted by molar-refractivity contribution is 7.98. The lowest BCUT2D eigenvalue weighted by Crippen LogP contribution is -1.98. The van der Waals surface area contributed by atoms with Gasteiger partial charge in [0.25, 0.3) is 0 Å². The van der Waals surface area contributed by atoms with E-state index in [0.29, 0.717) is 35.0 Å². The van der Waals surface area contributed by atoms with Crippen molar-refractivity contribution in [2.45, 2.75) is 37.5 Å². The Morgan fingerprint density at radius 3 is 2.82 bits per heavy atom. The Hall–Kier alpha value is -1.82. The third-order valence-corrected chi connectivity index (χ3v) is 4.09. The molecule has 0 aliphatic heterocycles. The summed E-state index contributed by atoms with van der Waals surface area (Å²) in [6.07, 6.45) is 8.41. The van der Waals surface area contributed by atoms with Gasteiger partial charge in [0, 0.05) is 12.5 Å². The molecule has 0 N–H and O–H groups in total. The summed E-state index contributed by atoms with van der Waals surface area (Å²) >= 11 is 1.51. The molecule has 6 heteroatoms. The molecule has 118 valence electrons. The molecule has 0 aliphatic rings. The van der Waals surface area contributed by atoms with Gasteiger partial charge in [-0.15, -0.1) is 11.8 Å². The minimum atomic E-state index is 0.320. The van der Waals surface area contributed by atoms with Gasteiger partial charge in [0.05, 0.1) is 12.0 Å². The number of rotatable bonds is 8. The van der Waals surface area contributed by atoms with E-state index in [9.17, 15) is 4.79 Å². The van der Waals surface area contributed by atoms with Crippen molar-refractivity contribution in [3.05, 3.63) is 23.9 Å². The second-order valence-corrected chi connectivity index (χ2v) is 5.65. The van der Waals surface area contributed by atoms with Crippen molar-refractivity contribution < 1.29 is 13.9 Å². The van der Waals surface area contributed by atoms with Gasteiger partial charge in [-0.1, -0.05) is 19.8 Å². The van der Waals surface area contributed by atoms with Crippen LogP contribution in [0, 0.1) is 0 Å². The predicted octanol–water partition coefficient (Wildman–Crippen LogP) is 4.01. The number of aldehydes is 1. The highest BCUT2D eigenvalue weighted by Gasteiger charge is 2.17. The Bertz CT molecular complexity index is 640. The number of thioether (sulfide) groups is 1. The summed E-state index contributed by atoms with van der Waals surface area (Å²) in [5.41, 5.74) is 1.58. The summed E-state index contributed by atoms with van der Waals surface area (Å²) in [7, 11) is 1.58. The Morgan fingerprint density at radius 2 is 2.18 bits per heavy atom. The van der Waals surface area contributed by atoms with E-state index in [1.165, 1.54) is 11.8 Å². The van der Waals surface area contributed by atoms with Gasteiger partial charge in [-0.2, -0.15) is 0 Å². The van der Waals surface area contributed by atoms with Crippen molar-refractivity contribution in [2.75, 3.05) is 13.4 Å². The minimum Gasteiger partial charge on any atom is -0.495 e. The Morgan fingerprint density at radius 1 is 1.36 bits per heavy atom. The van der Waals surface area contributed by atoms with Gasteiger partial charge in [0.15, 0.2) is 12.2 Å². The smallest absolute Gasteiger partial charge is 0.194 e. The molecule has 2 heterocycles. The topological polar surface area (TPSA) is 65.2 Å². The van der Waals surface area contributed by atoms with Crippen LogP contribution in [0.15, 0.2) is 21.6 Å². The molecule has 2 aromatic rings. The summed E-state index contributed by atoms with van der Waals surface area (Å²) in [6, 6.07) is 1.63. The third kappa shape index (κ3) is 3.68. The maximum Gasteiger partial charge on any atom is 0.194 e. The van der Waals surface area contributed by atoms with Crippen molar-refractivity contribution in [3.63, 3.8) is 0 Å². The maximum absolute atomic E-state index is 11.1. The third-order valence-electron chi connectivity index (χ3n) is 3.29. The van der Waals surface area contributed by atoms with Crippen molar-refractivity contribution in [3.8, 4) is 17.1 Å². The standard InChI is InChI=1S/C16H20N2O3S/c1-4-5-6-7-14-18-12(10-21-14)15-16(22-3)13(20-2)8-11(9-19)17-15/h8-10H,4-7H2,1-3H3. The second kappa shape index (κ2) is 7.98. The Balaban J connectivity index is 2.36. The quantitative estimate of drug-likeness (QED) is 0.416. The Labute approximate surface area is 134 Å². The van der Waals surface area contributed by atoms with Gasteiger partial charge in [-0.25, -0.2) is 9.97 Å². The highest BCUT2D eigenvalue weighted by Crippen LogP contribution is 2.36. The number of oxazole rings is 1. The number of unbranched alkanes of at least 4 members (excludes halogenated alkanes) is 2. The molecular formula is C16H20N2O3S. The van der Waals surface area contributed by atoms with Crippen LogP contribution in [0.3, 0.4) is 0 Å². The zero-order chi connectivity index (χ0) is 15.9. The molecule has 0 saturated carbocycles. The van der Waals surface area contributed by atoms with Crippen LogP contribution in [0.25, 0.3) is 11.4 Å². The molecule has 2 rings (SSSR count). The molecule has 0 fully saturated rings. The van der Waals surface area contributed by atoms with Gasteiger partial charge in [0.1, 0.15) is 29.1 Å². The number of pyridine rings is 1. The van der Waals surface area contributed by atoms with Crippen molar-refractivity contribution in [1.29, 1.82) is 0 Å². The summed E-state index contributed by atoms with van der Waals surface area (Å²) in [6.45, 7) is 2.16. The summed E-state index contributed by atoms with van der Waals surface area (Å²) in [4.78, 5) is 20.8. The number of hydrogen-bond acceptors (Lipinski definition) is 6. The minimum absolute atomic E-state index is 0.320. The number of nitrogens with zero attached hydrogens (tertiary/aromatic N) is 2. The number of carbonyl (C=O) groups excluding carboxylic acids is 1. The molecular weight excluding hydrogens is 300 g/mol. The van der Waals surface area contributed by atoms with Gasteiger partial charge in [-0.05, 0) is 12.7 Å². The number of ether oxygens (including phenoxy) is 1. The molecule has 0 amide bonds. The molecule has 0 spiro atoms. The second-order valence-electron chi connectivity index (χ2n) is 4.83. The Kier molecular flexibility index (Phi) is 6.00. The molecule has 0 aliphatic carbocycles. The van der Waals surface area contributed by atoms with Gasteiger partial charge >= 0.3 is 0 Å². The highest BCUT2D eigenvalue weighted by atomic mass is 32.2. The molecule has 0 bridgehead atoms. The van der Waals surface area contributed by atoms with Crippen LogP contribution in [0.5, 0.6) is 5.75 Å². The van der Waals surface area contributed by atoms with E-state index in [-0.39, 0.29) is 0 Å². The summed E-state index contributed by atoms with van der Waals surface area (Å²) < 4.78 is 10.9. The van der Waals surface area contributed by atoms with E-state index in [4.69, 9.17) is 9.15 Å². The fourth-order valence-electron chi connectivity index (χ4n) is 2.17. The largest absolute Gasteiger partial charge is 0.495 e. The molecule has 0 unspecified atom stereocenters. The first-order chi connectivity index (χ1) is 10.7. The predicted molar refractivity (Wildman–Crippen MR) is 86.7 cm³/mol. The maximum atomic E-state index is 11.1. The van der Waals surface area contributed by atoms with E-state index in [1.807, 2.05) is 6.26 Å². The SMILES string of the molecule is CCCCCc1nc(-c2nc(C=O)cc(OC)c2SC)co1. The van der Waals surface area contributed by atoms with Crippen LogP contribution in [0.2, 0.25) is 0 Å². The molecule has 0 atom stereocenters. The van der Waals surface area contributed by atoms with Crippen LogP contribution < -0.4 is 4.74 Å². The van der Waals surface area contributed by atoms with Crippen molar-refractivity contribution in [2.24, 2.45) is 0 Å². The van der Waals surface area contributed by atoms with Crippen LogP contribution in [-0.2, 0) is 6.42 Å².